The van der Waals surface area contributed by atoms with Crippen LogP contribution in [0.1, 0.15) is 24.0 Å². The Morgan fingerprint density at radius 2 is 2.24 bits per heavy atom. The number of fused-ring (bicyclic) bond motifs is 1. The summed E-state index contributed by atoms with van der Waals surface area (Å²) in [5, 5.41) is 0. The van der Waals surface area contributed by atoms with Crippen molar-refractivity contribution >= 4 is 5.97 Å². The first-order valence-corrected chi connectivity index (χ1v) is 5.67. The first kappa shape index (κ1) is 11.8. The van der Waals surface area contributed by atoms with Crippen LogP contribution in [0.5, 0.6) is 11.5 Å². The van der Waals surface area contributed by atoms with E-state index in [-0.39, 0.29) is 5.97 Å². The third-order valence-corrected chi connectivity index (χ3v) is 2.95. The first-order chi connectivity index (χ1) is 8.22. The lowest BCUT2D eigenvalue weighted by Crippen LogP contribution is -2.01. The maximum Gasteiger partial charge on any atom is 0.305 e. The van der Waals surface area contributed by atoms with Crippen molar-refractivity contribution in [1.82, 2.24) is 0 Å². The lowest BCUT2D eigenvalue weighted by atomic mass is 10.0. The van der Waals surface area contributed by atoms with E-state index in [4.69, 9.17) is 9.47 Å². The summed E-state index contributed by atoms with van der Waals surface area (Å²) < 4.78 is 15.3. The van der Waals surface area contributed by atoms with Gasteiger partial charge in [0, 0.05) is 6.42 Å². The molecule has 0 radical (unpaired) electrons. The van der Waals surface area contributed by atoms with E-state index < -0.39 is 0 Å². The van der Waals surface area contributed by atoms with Crippen molar-refractivity contribution in [3.8, 4) is 11.5 Å². The zero-order valence-electron chi connectivity index (χ0n) is 10.1. The number of carbonyl (C=O) groups excluding carboxylic acids is 1. The van der Waals surface area contributed by atoms with Gasteiger partial charge in [0.25, 0.3) is 0 Å². The number of esters is 1. The Morgan fingerprint density at radius 1 is 1.41 bits per heavy atom. The molecule has 4 nitrogen and oxygen atoms in total. The van der Waals surface area contributed by atoms with Crippen molar-refractivity contribution in [2.45, 2.75) is 26.2 Å². The quantitative estimate of drug-likeness (QED) is 0.752. The molecule has 17 heavy (non-hydrogen) atoms. The maximum absolute atomic E-state index is 11.0. The highest BCUT2D eigenvalue weighted by Crippen LogP contribution is 2.37. The van der Waals surface area contributed by atoms with Crippen molar-refractivity contribution in [2.75, 3.05) is 13.9 Å². The zero-order chi connectivity index (χ0) is 12.3. The average Bonchev–Trinajstić information content (AvgIpc) is 2.81. The van der Waals surface area contributed by atoms with Crippen LogP contribution >= 0.6 is 0 Å². The largest absolute Gasteiger partial charge is 0.469 e. The molecule has 1 heterocycles. The maximum atomic E-state index is 11.0. The van der Waals surface area contributed by atoms with Crippen molar-refractivity contribution in [2.24, 2.45) is 0 Å². The molecule has 1 aliphatic rings. The van der Waals surface area contributed by atoms with Gasteiger partial charge in [-0.15, -0.1) is 0 Å². The van der Waals surface area contributed by atoms with Gasteiger partial charge >= 0.3 is 5.97 Å². The smallest absolute Gasteiger partial charge is 0.305 e. The Morgan fingerprint density at radius 3 is 3.00 bits per heavy atom. The van der Waals surface area contributed by atoms with Crippen LogP contribution < -0.4 is 9.47 Å². The summed E-state index contributed by atoms with van der Waals surface area (Å²) in [6.45, 7) is 2.31. The number of aryl methyl sites for hydroxylation is 1. The Kier molecular flexibility index (Phi) is 3.52. The van der Waals surface area contributed by atoms with E-state index in [1.807, 2.05) is 19.1 Å². The summed E-state index contributed by atoms with van der Waals surface area (Å²) in [5.74, 6) is 1.48. The minimum atomic E-state index is -0.164. The fourth-order valence-corrected chi connectivity index (χ4v) is 1.95. The molecule has 0 saturated carbocycles. The monoisotopic (exact) mass is 236 g/mol. The number of hydrogen-bond acceptors (Lipinski definition) is 4. The SMILES string of the molecule is COC(=O)CCCc1ccc2c(c1C)OCO2. The van der Waals surface area contributed by atoms with Gasteiger partial charge in [-0.05, 0) is 37.0 Å². The van der Waals surface area contributed by atoms with Gasteiger partial charge in [-0.3, -0.25) is 4.79 Å². The number of hydrogen-bond donors (Lipinski definition) is 0. The van der Waals surface area contributed by atoms with E-state index in [0.717, 1.165) is 29.9 Å². The van der Waals surface area contributed by atoms with Gasteiger partial charge in [-0.1, -0.05) is 6.07 Å². The van der Waals surface area contributed by atoms with E-state index in [9.17, 15) is 4.79 Å². The van der Waals surface area contributed by atoms with E-state index in [1.165, 1.54) is 12.7 Å². The lowest BCUT2D eigenvalue weighted by molar-refractivity contribution is -0.140. The van der Waals surface area contributed by atoms with Crippen molar-refractivity contribution in [1.29, 1.82) is 0 Å². The van der Waals surface area contributed by atoms with Crippen LogP contribution in [0.25, 0.3) is 0 Å². The van der Waals surface area contributed by atoms with Gasteiger partial charge in [0.2, 0.25) is 6.79 Å². The molecule has 0 spiro atoms. The summed E-state index contributed by atoms with van der Waals surface area (Å²) in [5.41, 5.74) is 2.29. The number of benzene rings is 1. The van der Waals surface area contributed by atoms with Crippen LogP contribution in [0.15, 0.2) is 12.1 Å². The molecule has 0 N–H and O–H groups in total. The number of methoxy groups -OCH3 is 1. The standard InChI is InChI=1S/C13H16O4/c1-9-10(4-3-5-12(14)15-2)6-7-11-13(9)17-8-16-11/h6-7H,3-5,8H2,1-2H3. The predicted molar refractivity (Wildman–Crippen MR) is 62.3 cm³/mol. The van der Waals surface area contributed by atoms with Gasteiger partial charge < -0.3 is 14.2 Å². The second-order valence-corrected chi connectivity index (χ2v) is 4.01. The van der Waals surface area contributed by atoms with Gasteiger partial charge in [0.1, 0.15) is 0 Å². The average molecular weight is 236 g/mol. The Labute approximate surface area is 100 Å². The van der Waals surface area contributed by atoms with Crippen LogP contribution in [0, 0.1) is 6.92 Å². The van der Waals surface area contributed by atoms with Crippen molar-refractivity contribution in [3.05, 3.63) is 23.3 Å². The fourth-order valence-electron chi connectivity index (χ4n) is 1.95. The molecule has 0 aromatic heterocycles. The minimum Gasteiger partial charge on any atom is -0.469 e. The topological polar surface area (TPSA) is 44.8 Å². The van der Waals surface area contributed by atoms with Crippen LogP contribution in [-0.2, 0) is 16.0 Å². The number of carbonyl (C=O) groups is 1. The number of rotatable bonds is 4. The number of ether oxygens (including phenoxy) is 3. The fraction of sp³-hybridized carbons (Fsp3) is 0.462. The predicted octanol–water partition coefficient (Wildman–Crippen LogP) is 2.22. The summed E-state index contributed by atoms with van der Waals surface area (Å²) in [7, 11) is 1.41. The van der Waals surface area contributed by atoms with Crippen LogP contribution in [0.3, 0.4) is 0 Å². The second kappa shape index (κ2) is 5.08. The summed E-state index contributed by atoms with van der Waals surface area (Å²) in [4.78, 5) is 11.0. The molecule has 0 amide bonds. The minimum absolute atomic E-state index is 0.164. The normalized spacial score (nSPS) is 12.6. The van der Waals surface area contributed by atoms with Gasteiger partial charge in [-0.2, -0.15) is 0 Å². The zero-order valence-corrected chi connectivity index (χ0v) is 10.1. The Balaban J connectivity index is 2.00. The summed E-state index contributed by atoms with van der Waals surface area (Å²) >= 11 is 0. The third-order valence-electron chi connectivity index (χ3n) is 2.95. The van der Waals surface area contributed by atoms with E-state index in [1.54, 1.807) is 0 Å². The molecule has 1 aromatic rings. The Bertz CT molecular complexity index is 426. The molecule has 0 unspecified atom stereocenters. The molecule has 92 valence electrons. The molecule has 1 aliphatic heterocycles. The first-order valence-electron chi connectivity index (χ1n) is 5.67. The molecular formula is C13H16O4. The van der Waals surface area contributed by atoms with Crippen LogP contribution in [0.2, 0.25) is 0 Å². The van der Waals surface area contributed by atoms with Gasteiger partial charge in [0.15, 0.2) is 11.5 Å². The third kappa shape index (κ3) is 2.52. The highest BCUT2D eigenvalue weighted by atomic mass is 16.7. The molecule has 1 aromatic carbocycles. The second-order valence-electron chi connectivity index (χ2n) is 4.01. The van der Waals surface area contributed by atoms with E-state index in [2.05, 4.69) is 4.74 Å². The molecule has 0 atom stereocenters. The summed E-state index contributed by atoms with van der Waals surface area (Å²) in [6, 6.07) is 3.95. The van der Waals surface area contributed by atoms with E-state index >= 15 is 0 Å². The van der Waals surface area contributed by atoms with E-state index in [0.29, 0.717) is 13.2 Å². The van der Waals surface area contributed by atoms with Gasteiger partial charge in [-0.25, -0.2) is 0 Å². The lowest BCUT2D eigenvalue weighted by Gasteiger charge is -2.08. The molecule has 2 rings (SSSR count). The molecule has 0 bridgehead atoms. The highest BCUT2D eigenvalue weighted by Gasteiger charge is 2.17. The molecular weight excluding hydrogens is 220 g/mol. The highest BCUT2D eigenvalue weighted by molar-refractivity contribution is 5.69. The molecule has 4 heteroatoms. The Hall–Kier alpha value is -1.71. The van der Waals surface area contributed by atoms with Gasteiger partial charge in [0.05, 0.1) is 7.11 Å². The molecule has 0 fully saturated rings. The van der Waals surface area contributed by atoms with Crippen LogP contribution in [-0.4, -0.2) is 19.9 Å². The van der Waals surface area contributed by atoms with Crippen LogP contribution in [0.4, 0.5) is 0 Å². The molecule has 0 saturated heterocycles. The van der Waals surface area contributed by atoms with Crippen molar-refractivity contribution < 1.29 is 19.0 Å². The van der Waals surface area contributed by atoms with Crippen molar-refractivity contribution in [3.63, 3.8) is 0 Å². The summed E-state index contributed by atoms with van der Waals surface area (Å²) in [6.07, 6.45) is 2.08. The molecule has 0 aliphatic carbocycles.